The normalized spacial score (nSPS) is 13.8. The molecule has 0 radical (unpaired) electrons. The SMILES string of the molecule is CC[C@@H](c1ccc(OC)cc1)[C@@H](CC)c1cccnc1. The van der Waals surface area contributed by atoms with E-state index in [4.69, 9.17) is 4.74 Å². The molecule has 20 heavy (non-hydrogen) atoms. The minimum Gasteiger partial charge on any atom is -0.497 e. The van der Waals surface area contributed by atoms with Crippen molar-refractivity contribution in [2.45, 2.75) is 38.5 Å². The highest BCUT2D eigenvalue weighted by atomic mass is 16.5. The monoisotopic (exact) mass is 269 g/mol. The molecule has 0 fully saturated rings. The molecule has 2 aromatic rings. The smallest absolute Gasteiger partial charge is 0.118 e. The lowest BCUT2D eigenvalue weighted by Gasteiger charge is -2.26. The van der Waals surface area contributed by atoms with Gasteiger partial charge in [0.2, 0.25) is 0 Å². The molecule has 0 aliphatic carbocycles. The van der Waals surface area contributed by atoms with Gasteiger partial charge in [0, 0.05) is 12.4 Å². The highest BCUT2D eigenvalue weighted by Gasteiger charge is 2.22. The molecule has 0 spiro atoms. The second-order valence-corrected chi connectivity index (χ2v) is 5.09. The quantitative estimate of drug-likeness (QED) is 0.753. The lowest BCUT2D eigenvalue weighted by Crippen LogP contribution is -2.10. The fourth-order valence-corrected chi connectivity index (χ4v) is 2.95. The standard InChI is InChI=1S/C18H23NO/c1-4-17(14-8-10-16(20-3)11-9-14)18(5-2)15-7-6-12-19-13-15/h6-13,17-18H,4-5H2,1-3H3/t17-,18-/m0/s1. The van der Waals surface area contributed by atoms with Crippen molar-refractivity contribution < 1.29 is 4.74 Å². The number of rotatable bonds is 6. The molecule has 0 saturated carbocycles. The van der Waals surface area contributed by atoms with E-state index in [-0.39, 0.29) is 0 Å². The van der Waals surface area contributed by atoms with Gasteiger partial charge in [0.25, 0.3) is 0 Å². The first kappa shape index (κ1) is 14.6. The van der Waals surface area contributed by atoms with E-state index in [9.17, 15) is 0 Å². The minimum atomic E-state index is 0.516. The number of ether oxygens (including phenoxy) is 1. The van der Waals surface area contributed by atoms with Gasteiger partial charge in [-0.3, -0.25) is 4.98 Å². The first-order chi connectivity index (χ1) is 9.80. The van der Waals surface area contributed by atoms with Gasteiger partial charge in [-0.15, -0.1) is 0 Å². The molecular weight excluding hydrogens is 246 g/mol. The van der Waals surface area contributed by atoms with Crippen LogP contribution in [0, 0.1) is 0 Å². The summed E-state index contributed by atoms with van der Waals surface area (Å²) in [4.78, 5) is 4.27. The largest absolute Gasteiger partial charge is 0.497 e. The molecule has 2 rings (SSSR count). The zero-order valence-corrected chi connectivity index (χ0v) is 12.5. The summed E-state index contributed by atoms with van der Waals surface area (Å²) in [5.74, 6) is 1.95. The Morgan fingerprint density at radius 2 is 1.60 bits per heavy atom. The molecule has 106 valence electrons. The predicted octanol–water partition coefficient (Wildman–Crippen LogP) is 4.78. The van der Waals surface area contributed by atoms with E-state index in [0.717, 1.165) is 18.6 Å². The third kappa shape index (κ3) is 3.19. The number of methoxy groups -OCH3 is 1. The maximum absolute atomic E-state index is 5.24. The number of hydrogen-bond donors (Lipinski definition) is 0. The van der Waals surface area contributed by atoms with Gasteiger partial charge in [0.15, 0.2) is 0 Å². The zero-order valence-electron chi connectivity index (χ0n) is 12.5. The van der Waals surface area contributed by atoms with Crippen LogP contribution < -0.4 is 4.74 Å². The van der Waals surface area contributed by atoms with Crippen LogP contribution in [-0.4, -0.2) is 12.1 Å². The van der Waals surface area contributed by atoms with E-state index in [2.05, 4.69) is 37.0 Å². The summed E-state index contributed by atoms with van der Waals surface area (Å²) in [5.41, 5.74) is 2.71. The van der Waals surface area contributed by atoms with E-state index in [1.54, 1.807) is 7.11 Å². The van der Waals surface area contributed by atoms with E-state index in [1.807, 2.05) is 30.6 Å². The lowest BCUT2D eigenvalue weighted by molar-refractivity contribution is 0.414. The van der Waals surface area contributed by atoms with Crippen molar-refractivity contribution >= 4 is 0 Å². The van der Waals surface area contributed by atoms with Crippen molar-refractivity contribution in [3.8, 4) is 5.75 Å². The van der Waals surface area contributed by atoms with Gasteiger partial charge in [-0.25, -0.2) is 0 Å². The molecule has 1 aromatic heterocycles. The zero-order chi connectivity index (χ0) is 14.4. The van der Waals surface area contributed by atoms with Gasteiger partial charge in [0.1, 0.15) is 5.75 Å². The summed E-state index contributed by atoms with van der Waals surface area (Å²) in [5, 5.41) is 0. The van der Waals surface area contributed by atoms with Crippen molar-refractivity contribution in [1.29, 1.82) is 0 Å². The fourth-order valence-electron chi connectivity index (χ4n) is 2.95. The van der Waals surface area contributed by atoms with E-state index in [0.29, 0.717) is 11.8 Å². The van der Waals surface area contributed by atoms with Crippen molar-refractivity contribution in [2.24, 2.45) is 0 Å². The molecule has 0 aliphatic heterocycles. The minimum absolute atomic E-state index is 0.516. The van der Waals surface area contributed by atoms with Crippen LogP contribution in [0.1, 0.15) is 49.7 Å². The van der Waals surface area contributed by atoms with Crippen LogP contribution in [0.3, 0.4) is 0 Å². The molecule has 2 heteroatoms. The Hall–Kier alpha value is -1.83. The van der Waals surface area contributed by atoms with Gasteiger partial charge >= 0.3 is 0 Å². The van der Waals surface area contributed by atoms with Crippen LogP contribution in [-0.2, 0) is 0 Å². The van der Waals surface area contributed by atoms with E-state index < -0.39 is 0 Å². The maximum Gasteiger partial charge on any atom is 0.118 e. The van der Waals surface area contributed by atoms with Crippen LogP contribution in [0.15, 0.2) is 48.8 Å². The topological polar surface area (TPSA) is 22.1 Å². The molecule has 2 nitrogen and oxygen atoms in total. The molecule has 1 aromatic carbocycles. The Morgan fingerprint density at radius 1 is 0.950 bits per heavy atom. The van der Waals surface area contributed by atoms with Crippen molar-refractivity contribution in [3.05, 3.63) is 59.9 Å². The summed E-state index contributed by atoms with van der Waals surface area (Å²) in [7, 11) is 1.71. The highest BCUT2D eigenvalue weighted by molar-refractivity contribution is 5.32. The van der Waals surface area contributed by atoms with Gasteiger partial charge < -0.3 is 4.74 Å². The number of pyridine rings is 1. The molecule has 0 saturated heterocycles. The Kier molecular flexibility index (Phi) is 5.16. The van der Waals surface area contributed by atoms with Gasteiger partial charge in [-0.05, 0) is 54.0 Å². The Bertz CT molecular complexity index is 507. The Balaban J connectivity index is 2.29. The predicted molar refractivity (Wildman–Crippen MR) is 83.3 cm³/mol. The van der Waals surface area contributed by atoms with Crippen molar-refractivity contribution in [1.82, 2.24) is 4.98 Å². The number of benzene rings is 1. The molecular formula is C18H23NO. The van der Waals surface area contributed by atoms with Gasteiger partial charge in [-0.2, -0.15) is 0 Å². The van der Waals surface area contributed by atoms with Crippen LogP contribution in [0.25, 0.3) is 0 Å². The lowest BCUT2D eigenvalue weighted by atomic mass is 9.79. The molecule has 0 aliphatic rings. The summed E-state index contributed by atoms with van der Waals surface area (Å²) < 4.78 is 5.24. The van der Waals surface area contributed by atoms with Crippen molar-refractivity contribution in [3.63, 3.8) is 0 Å². The molecule has 0 unspecified atom stereocenters. The van der Waals surface area contributed by atoms with Gasteiger partial charge in [0.05, 0.1) is 7.11 Å². The molecule has 0 bridgehead atoms. The highest BCUT2D eigenvalue weighted by Crippen LogP contribution is 2.37. The van der Waals surface area contributed by atoms with Crippen LogP contribution in [0.2, 0.25) is 0 Å². The summed E-state index contributed by atoms with van der Waals surface area (Å²) in [6.07, 6.45) is 6.08. The Labute approximate surface area is 121 Å². The second-order valence-electron chi connectivity index (χ2n) is 5.09. The molecule has 1 heterocycles. The maximum atomic E-state index is 5.24. The van der Waals surface area contributed by atoms with E-state index in [1.165, 1.54) is 11.1 Å². The number of nitrogens with zero attached hydrogens (tertiary/aromatic N) is 1. The van der Waals surface area contributed by atoms with Crippen LogP contribution in [0.5, 0.6) is 5.75 Å². The summed E-state index contributed by atoms with van der Waals surface area (Å²) in [6, 6.07) is 12.7. The average Bonchev–Trinajstić information content (AvgIpc) is 2.53. The number of hydrogen-bond acceptors (Lipinski definition) is 2. The molecule has 0 amide bonds. The van der Waals surface area contributed by atoms with Crippen LogP contribution in [0.4, 0.5) is 0 Å². The molecule has 2 atom stereocenters. The summed E-state index contributed by atoms with van der Waals surface area (Å²) in [6.45, 7) is 4.51. The van der Waals surface area contributed by atoms with Crippen molar-refractivity contribution in [2.75, 3.05) is 7.11 Å². The number of aromatic nitrogens is 1. The third-order valence-corrected chi connectivity index (χ3v) is 4.02. The van der Waals surface area contributed by atoms with Crippen LogP contribution >= 0.6 is 0 Å². The average molecular weight is 269 g/mol. The Morgan fingerprint density at radius 3 is 2.10 bits per heavy atom. The fraction of sp³-hybridized carbons (Fsp3) is 0.389. The first-order valence-corrected chi connectivity index (χ1v) is 7.34. The summed E-state index contributed by atoms with van der Waals surface area (Å²) >= 11 is 0. The third-order valence-electron chi connectivity index (χ3n) is 4.02. The first-order valence-electron chi connectivity index (χ1n) is 7.34. The van der Waals surface area contributed by atoms with Gasteiger partial charge in [-0.1, -0.05) is 32.0 Å². The second kappa shape index (κ2) is 7.09. The molecule has 0 N–H and O–H groups in total. The van der Waals surface area contributed by atoms with E-state index >= 15 is 0 Å².